The molecule has 0 unspecified atom stereocenters. The minimum atomic E-state index is -0.320. The maximum Gasteiger partial charge on any atom is 0.242 e. The lowest BCUT2D eigenvalue weighted by atomic mass is 10.2. The number of carbonyl (C=O) groups excluding carboxylic acids is 1. The number of halogens is 1. The van der Waals surface area contributed by atoms with E-state index < -0.39 is 0 Å². The molecule has 2 N–H and O–H groups in total. The zero-order valence-corrected chi connectivity index (χ0v) is 14.5. The molecule has 7 heteroatoms. The first-order chi connectivity index (χ1) is 12.6. The van der Waals surface area contributed by atoms with Crippen LogP contribution in [0.3, 0.4) is 0 Å². The molecule has 1 heterocycles. The van der Waals surface area contributed by atoms with Gasteiger partial charge in [0.1, 0.15) is 12.4 Å². The number of imidazole rings is 1. The van der Waals surface area contributed by atoms with E-state index in [0.29, 0.717) is 19.0 Å². The van der Waals surface area contributed by atoms with Gasteiger partial charge in [-0.05, 0) is 29.8 Å². The molecule has 6 nitrogen and oxygen atoms in total. The van der Waals surface area contributed by atoms with Crippen molar-refractivity contribution < 1.29 is 14.3 Å². The number of hydrogen-bond donors (Lipinski definition) is 2. The predicted octanol–water partition coefficient (Wildman–Crippen LogP) is 2.24. The van der Waals surface area contributed by atoms with Crippen molar-refractivity contribution >= 4 is 22.9 Å². The number of anilines is 1. The Morgan fingerprint density at radius 1 is 1.27 bits per heavy atom. The third kappa shape index (κ3) is 4.00. The van der Waals surface area contributed by atoms with E-state index in [1.165, 1.54) is 12.1 Å². The quantitative estimate of drug-likeness (QED) is 0.681. The molecule has 2 aromatic carbocycles. The summed E-state index contributed by atoms with van der Waals surface area (Å²) in [5.41, 5.74) is 2.34. The third-order valence-corrected chi connectivity index (χ3v) is 4.08. The van der Waals surface area contributed by atoms with Gasteiger partial charge in [0.15, 0.2) is 0 Å². The van der Waals surface area contributed by atoms with Crippen LogP contribution in [0.2, 0.25) is 0 Å². The number of nitrogens with zero attached hydrogens (tertiary/aromatic N) is 3. The van der Waals surface area contributed by atoms with Crippen molar-refractivity contribution in [1.82, 2.24) is 14.5 Å². The molecule has 0 atom stereocenters. The van der Waals surface area contributed by atoms with E-state index in [1.807, 2.05) is 24.3 Å². The number of aromatic nitrogens is 2. The highest BCUT2D eigenvalue weighted by molar-refractivity contribution is 5.83. The fraction of sp³-hybridized carbons (Fsp3) is 0.263. The number of aliphatic hydroxyl groups excluding tert-OH is 1. The smallest absolute Gasteiger partial charge is 0.242 e. The number of aliphatic hydroxyl groups is 1. The van der Waals surface area contributed by atoms with Crippen LogP contribution < -0.4 is 5.32 Å². The summed E-state index contributed by atoms with van der Waals surface area (Å²) in [6.45, 7) is 0.732. The third-order valence-electron chi connectivity index (χ3n) is 4.08. The maximum atomic E-state index is 13.3. The summed E-state index contributed by atoms with van der Waals surface area (Å²) in [7, 11) is 1.69. The van der Waals surface area contributed by atoms with E-state index in [0.717, 1.165) is 16.6 Å². The summed E-state index contributed by atoms with van der Waals surface area (Å²) >= 11 is 0. The minimum absolute atomic E-state index is 0.0311. The summed E-state index contributed by atoms with van der Waals surface area (Å²) in [6.07, 6.45) is 0. The molecule has 0 saturated carbocycles. The summed E-state index contributed by atoms with van der Waals surface area (Å²) in [4.78, 5) is 18.7. The van der Waals surface area contributed by atoms with Crippen molar-refractivity contribution in [3.63, 3.8) is 0 Å². The van der Waals surface area contributed by atoms with E-state index in [9.17, 15) is 9.18 Å². The van der Waals surface area contributed by atoms with Crippen LogP contribution in [-0.4, -0.2) is 45.7 Å². The van der Waals surface area contributed by atoms with E-state index >= 15 is 0 Å². The molecule has 0 aliphatic carbocycles. The van der Waals surface area contributed by atoms with Gasteiger partial charge in [0.05, 0.1) is 17.6 Å². The van der Waals surface area contributed by atoms with Crippen LogP contribution in [0.4, 0.5) is 10.3 Å². The topological polar surface area (TPSA) is 70.4 Å². The molecule has 3 aromatic rings. The van der Waals surface area contributed by atoms with Crippen LogP contribution in [0, 0.1) is 5.82 Å². The van der Waals surface area contributed by atoms with Crippen molar-refractivity contribution in [2.75, 3.05) is 25.5 Å². The number of rotatable bonds is 7. The summed E-state index contributed by atoms with van der Waals surface area (Å²) in [6, 6.07) is 13.7. The highest BCUT2D eigenvalue weighted by atomic mass is 19.1. The van der Waals surface area contributed by atoms with Gasteiger partial charge in [-0.25, -0.2) is 9.37 Å². The van der Waals surface area contributed by atoms with E-state index in [1.54, 1.807) is 28.6 Å². The van der Waals surface area contributed by atoms with Gasteiger partial charge in [-0.1, -0.05) is 24.3 Å². The number of likely N-dealkylation sites (N-methyl/N-ethyl adjacent to an activating group) is 1. The van der Waals surface area contributed by atoms with Gasteiger partial charge in [-0.15, -0.1) is 0 Å². The molecule has 0 aliphatic rings. The standard InChI is InChI=1S/C19H21FN4O2/c1-23(12-14-5-4-6-15(20)11-14)18(26)13-24-17-8-3-2-7-16(17)22-19(24)21-9-10-25/h2-8,11,25H,9-10,12-13H2,1H3,(H,21,22). The van der Waals surface area contributed by atoms with Crippen molar-refractivity contribution in [1.29, 1.82) is 0 Å². The second-order valence-electron chi connectivity index (χ2n) is 6.04. The molecular formula is C19H21FN4O2. The molecule has 0 fully saturated rings. The van der Waals surface area contributed by atoms with Crippen LogP contribution >= 0.6 is 0 Å². The first-order valence-electron chi connectivity index (χ1n) is 8.37. The summed E-state index contributed by atoms with van der Waals surface area (Å²) in [5, 5.41) is 12.1. The number of hydrogen-bond acceptors (Lipinski definition) is 4. The predicted molar refractivity (Wildman–Crippen MR) is 98.2 cm³/mol. The molecule has 0 saturated heterocycles. The normalized spacial score (nSPS) is 10.9. The maximum absolute atomic E-state index is 13.3. The molecule has 0 spiro atoms. The summed E-state index contributed by atoms with van der Waals surface area (Å²) < 4.78 is 15.1. The Hall–Kier alpha value is -2.93. The number of nitrogens with one attached hydrogen (secondary N) is 1. The van der Waals surface area contributed by atoms with Crippen LogP contribution in [0.5, 0.6) is 0 Å². The van der Waals surface area contributed by atoms with Crippen molar-refractivity contribution in [2.24, 2.45) is 0 Å². The Bertz CT molecular complexity index is 909. The molecule has 1 aromatic heterocycles. The van der Waals surface area contributed by atoms with Gasteiger partial charge in [0.25, 0.3) is 0 Å². The Morgan fingerprint density at radius 3 is 2.85 bits per heavy atom. The number of amides is 1. The van der Waals surface area contributed by atoms with Crippen molar-refractivity contribution in [3.8, 4) is 0 Å². The molecule has 0 bridgehead atoms. The van der Waals surface area contributed by atoms with Crippen molar-refractivity contribution in [2.45, 2.75) is 13.1 Å². The molecule has 3 rings (SSSR count). The van der Waals surface area contributed by atoms with Gasteiger partial charge >= 0.3 is 0 Å². The van der Waals surface area contributed by atoms with E-state index in [2.05, 4.69) is 10.3 Å². The first kappa shape index (κ1) is 17.9. The summed E-state index contributed by atoms with van der Waals surface area (Å²) in [5.74, 6) is 0.0941. The van der Waals surface area contributed by atoms with Crippen LogP contribution in [0.25, 0.3) is 11.0 Å². The zero-order chi connectivity index (χ0) is 18.5. The second kappa shape index (κ2) is 7.97. The van der Waals surface area contributed by atoms with Gasteiger partial charge in [-0.2, -0.15) is 0 Å². The molecule has 26 heavy (non-hydrogen) atoms. The van der Waals surface area contributed by atoms with Crippen LogP contribution in [0.1, 0.15) is 5.56 Å². The lowest BCUT2D eigenvalue weighted by Gasteiger charge is -2.19. The average molecular weight is 356 g/mol. The molecule has 136 valence electrons. The monoisotopic (exact) mass is 356 g/mol. The van der Waals surface area contributed by atoms with Crippen molar-refractivity contribution in [3.05, 3.63) is 59.9 Å². The van der Waals surface area contributed by atoms with Gasteiger partial charge in [0.2, 0.25) is 11.9 Å². The highest BCUT2D eigenvalue weighted by Crippen LogP contribution is 2.20. The van der Waals surface area contributed by atoms with E-state index in [-0.39, 0.29) is 24.9 Å². The van der Waals surface area contributed by atoms with Gasteiger partial charge in [0, 0.05) is 20.1 Å². The Kier molecular flexibility index (Phi) is 5.48. The Morgan fingerprint density at radius 2 is 2.08 bits per heavy atom. The molecule has 0 radical (unpaired) electrons. The minimum Gasteiger partial charge on any atom is -0.395 e. The Balaban J connectivity index is 1.79. The highest BCUT2D eigenvalue weighted by Gasteiger charge is 2.16. The zero-order valence-electron chi connectivity index (χ0n) is 14.5. The fourth-order valence-corrected chi connectivity index (χ4v) is 2.79. The Labute approximate surface area is 150 Å². The lowest BCUT2D eigenvalue weighted by molar-refractivity contribution is -0.130. The van der Waals surface area contributed by atoms with Gasteiger partial charge in [-0.3, -0.25) is 4.79 Å². The SMILES string of the molecule is CN(Cc1cccc(F)c1)C(=O)Cn1c(NCCO)nc2ccccc21. The largest absolute Gasteiger partial charge is 0.395 e. The molecular weight excluding hydrogens is 335 g/mol. The number of fused-ring (bicyclic) bond motifs is 1. The number of benzene rings is 2. The van der Waals surface area contributed by atoms with E-state index in [4.69, 9.17) is 5.11 Å². The van der Waals surface area contributed by atoms with Crippen LogP contribution in [-0.2, 0) is 17.9 Å². The number of carbonyl (C=O) groups is 1. The number of para-hydroxylation sites is 2. The molecule has 0 aliphatic heterocycles. The van der Waals surface area contributed by atoms with Crippen LogP contribution in [0.15, 0.2) is 48.5 Å². The second-order valence-corrected chi connectivity index (χ2v) is 6.04. The van der Waals surface area contributed by atoms with Gasteiger partial charge < -0.3 is 19.9 Å². The molecule has 1 amide bonds. The lowest BCUT2D eigenvalue weighted by Crippen LogP contribution is -2.30. The fourth-order valence-electron chi connectivity index (χ4n) is 2.79. The average Bonchev–Trinajstić information content (AvgIpc) is 2.97. The first-order valence-corrected chi connectivity index (χ1v) is 8.37.